The fourth-order valence-corrected chi connectivity index (χ4v) is 0.833. The molecule has 0 heterocycles. The number of unbranched alkanes of at least 4 members (excludes halogenated alkanes) is 3. The molecule has 0 bridgehead atoms. The zero-order valence-electron chi connectivity index (χ0n) is 7.75. The van der Waals surface area contributed by atoms with Gasteiger partial charge in [0.1, 0.15) is 0 Å². The quantitative estimate of drug-likeness (QED) is 0.431. The molecule has 0 saturated carbocycles. The van der Waals surface area contributed by atoms with Crippen LogP contribution in [-0.4, -0.2) is 13.2 Å². The number of rotatable bonds is 7. The van der Waals surface area contributed by atoms with Crippen LogP contribution in [0.4, 0.5) is 0 Å². The molecule has 2 heteroatoms. The van der Waals surface area contributed by atoms with E-state index in [2.05, 4.69) is 6.07 Å². The van der Waals surface area contributed by atoms with Crippen molar-refractivity contribution in [1.82, 2.24) is 0 Å². The number of nitrogens with zero attached hydrogens (tertiary/aromatic N) is 1. The number of allylic oxidation sites excluding steroid dienone is 1. The van der Waals surface area contributed by atoms with E-state index in [1.807, 2.05) is 19.1 Å². The first-order chi connectivity index (χ1) is 5.91. The minimum atomic E-state index is 0.675. The predicted octanol–water partition coefficient (Wildman–Crippen LogP) is 2.66. The number of ether oxygens (including phenoxy) is 1. The topological polar surface area (TPSA) is 33.0 Å². The molecule has 0 aliphatic carbocycles. The maximum atomic E-state index is 8.25. The highest BCUT2D eigenvalue weighted by Crippen LogP contribution is 1.98. The van der Waals surface area contributed by atoms with Crippen molar-refractivity contribution < 1.29 is 4.74 Å². The Balaban J connectivity index is 2.87. The lowest BCUT2D eigenvalue weighted by Crippen LogP contribution is -1.93. The fourth-order valence-electron chi connectivity index (χ4n) is 0.833. The molecule has 0 saturated heterocycles. The highest BCUT2D eigenvalue weighted by Gasteiger charge is 1.88. The summed E-state index contributed by atoms with van der Waals surface area (Å²) in [5, 5.41) is 8.25. The smallest absolute Gasteiger partial charge is 0.0647 e. The van der Waals surface area contributed by atoms with Crippen molar-refractivity contribution in [2.75, 3.05) is 13.2 Å². The standard InChI is InChI=1S/C10H17NO/c1-2-3-9-12-10-7-5-4-6-8-11/h2-3H,4-7,9-10H2,1H3/b3-2+. The third-order valence-electron chi connectivity index (χ3n) is 1.53. The summed E-state index contributed by atoms with van der Waals surface area (Å²) in [7, 11) is 0. The molecule has 0 amide bonds. The van der Waals surface area contributed by atoms with E-state index in [0.29, 0.717) is 6.42 Å². The van der Waals surface area contributed by atoms with Gasteiger partial charge in [0.2, 0.25) is 0 Å². The van der Waals surface area contributed by atoms with E-state index in [4.69, 9.17) is 10.00 Å². The van der Waals surface area contributed by atoms with Crippen molar-refractivity contribution in [1.29, 1.82) is 5.26 Å². The molecule has 0 aliphatic heterocycles. The van der Waals surface area contributed by atoms with E-state index in [0.717, 1.165) is 32.5 Å². The second kappa shape index (κ2) is 10.2. The van der Waals surface area contributed by atoms with Crippen LogP contribution in [0.15, 0.2) is 12.2 Å². The Labute approximate surface area is 74.8 Å². The van der Waals surface area contributed by atoms with Gasteiger partial charge in [-0.3, -0.25) is 0 Å². The molecule has 0 atom stereocenters. The van der Waals surface area contributed by atoms with Crippen LogP contribution in [0.5, 0.6) is 0 Å². The van der Waals surface area contributed by atoms with E-state index in [9.17, 15) is 0 Å². The molecule has 0 aromatic heterocycles. The average molecular weight is 167 g/mol. The first-order valence-electron chi connectivity index (χ1n) is 4.47. The summed E-state index contributed by atoms with van der Waals surface area (Å²) in [4.78, 5) is 0. The van der Waals surface area contributed by atoms with E-state index < -0.39 is 0 Å². The monoisotopic (exact) mass is 167 g/mol. The maximum absolute atomic E-state index is 8.25. The SMILES string of the molecule is C/C=C/COCCCCCC#N. The Hall–Kier alpha value is -0.810. The molecule has 68 valence electrons. The van der Waals surface area contributed by atoms with Crippen molar-refractivity contribution in [3.63, 3.8) is 0 Å². The molecule has 0 unspecified atom stereocenters. The summed E-state index contributed by atoms with van der Waals surface area (Å²) in [5.41, 5.74) is 0. The number of hydrogen-bond acceptors (Lipinski definition) is 2. The van der Waals surface area contributed by atoms with Crippen molar-refractivity contribution in [2.24, 2.45) is 0 Å². The third-order valence-corrected chi connectivity index (χ3v) is 1.53. The van der Waals surface area contributed by atoms with Crippen LogP contribution < -0.4 is 0 Å². The molecular weight excluding hydrogens is 150 g/mol. The zero-order chi connectivity index (χ0) is 9.07. The summed E-state index contributed by atoms with van der Waals surface area (Å²) < 4.78 is 5.28. The normalized spacial score (nSPS) is 10.3. The molecule has 0 rings (SSSR count). The molecule has 0 aromatic rings. The molecule has 0 aromatic carbocycles. The van der Waals surface area contributed by atoms with Crippen molar-refractivity contribution >= 4 is 0 Å². The molecule has 12 heavy (non-hydrogen) atoms. The van der Waals surface area contributed by atoms with Crippen LogP contribution in [-0.2, 0) is 4.74 Å². The maximum Gasteiger partial charge on any atom is 0.0647 e. The summed E-state index contributed by atoms with van der Waals surface area (Å²) >= 11 is 0. The lowest BCUT2D eigenvalue weighted by atomic mass is 10.2. The first-order valence-corrected chi connectivity index (χ1v) is 4.47. The van der Waals surface area contributed by atoms with Gasteiger partial charge >= 0.3 is 0 Å². The van der Waals surface area contributed by atoms with Gasteiger partial charge in [-0.25, -0.2) is 0 Å². The minimum absolute atomic E-state index is 0.675. The van der Waals surface area contributed by atoms with Gasteiger partial charge in [-0.05, 0) is 19.8 Å². The second-order valence-corrected chi connectivity index (χ2v) is 2.61. The van der Waals surface area contributed by atoms with Gasteiger partial charge in [-0.2, -0.15) is 5.26 Å². The highest BCUT2D eigenvalue weighted by atomic mass is 16.5. The average Bonchev–Trinajstić information content (AvgIpc) is 2.10. The van der Waals surface area contributed by atoms with Gasteiger partial charge < -0.3 is 4.74 Å². The van der Waals surface area contributed by atoms with Gasteiger partial charge in [0, 0.05) is 13.0 Å². The van der Waals surface area contributed by atoms with Gasteiger partial charge in [0.05, 0.1) is 12.7 Å². The second-order valence-electron chi connectivity index (χ2n) is 2.61. The van der Waals surface area contributed by atoms with Gasteiger partial charge in [0.25, 0.3) is 0 Å². The Morgan fingerprint density at radius 3 is 2.83 bits per heavy atom. The highest BCUT2D eigenvalue weighted by molar-refractivity contribution is 4.75. The summed E-state index contributed by atoms with van der Waals surface area (Å²) in [6, 6.07) is 2.13. The fraction of sp³-hybridized carbons (Fsp3) is 0.700. The molecular formula is C10H17NO. The Morgan fingerprint density at radius 1 is 1.33 bits per heavy atom. The Morgan fingerprint density at radius 2 is 2.17 bits per heavy atom. The van der Waals surface area contributed by atoms with Crippen molar-refractivity contribution in [2.45, 2.75) is 32.6 Å². The van der Waals surface area contributed by atoms with E-state index >= 15 is 0 Å². The summed E-state index contributed by atoms with van der Waals surface area (Å²) in [6.45, 7) is 3.51. The molecule has 0 spiro atoms. The summed E-state index contributed by atoms with van der Waals surface area (Å²) in [5.74, 6) is 0. The first kappa shape index (κ1) is 11.2. The Kier molecular flexibility index (Phi) is 9.50. The lowest BCUT2D eigenvalue weighted by molar-refractivity contribution is 0.157. The van der Waals surface area contributed by atoms with E-state index in [1.54, 1.807) is 0 Å². The number of nitriles is 1. The molecule has 0 N–H and O–H groups in total. The van der Waals surface area contributed by atoms with Crippen LogP contribution in [0.2, 0.25) is 0 Å². The van der Waals surface area contributed by atoms with Crippen molar-refractivity contribution in [3.8, 4) is 6.07 Å². The molecule has 0 fully saturated rings. The number of hydrogen-bond donors (Lipinski definition) is 0. The van der Waals surface area contributed by atoms with Crippen LogP contribution in [0.3, 0.4) is 0 Å². The third kappa shape index (κ3) is 9.19. The molecule has 2 nitrogen and oxygen atoms in total. The van der Waals surface area contributed by atoms with E-state index in [1.165, 1.54) is 0 Å². The van der Waals surface area contributed by atoms with Gasteiger partial charge in [-0.1, -0.05) is 18.6 Å². The minimum Gasteiger partial charge on any atom is -0.377 e. The van der Waals surface area contributed by atoms with Gasteiger partial charge in [-0.15, -0.1) is 0 Å². The largest absolute Gasteiger partial charge is 0.377 e. The summed E-state index contributed by atoms with van der Waals surface area (Å²) in [6.07, 6.45) is 7.83. The molecule has 0 aliphatic rings. The van der Waals surface area contributed by atoms with Crippen LogP contribution in [0.25, 0.3) is 0 Å². The van der Waals surface area contributed by atoms with Gasteiger partial charge in [0.15, 0.2) is 0 Å². The van der Waals surface area contributed by atoms with Crippen LogP contribution in [0, 0.1) is 11.3 Å². The van der Waals surface area contributed by atoms with Crippen molar-refractivity contribution in [3.05, 3.63) is 12.2 Å². The van der Waals surface area contributed by atoms with Crippen LogP contribution >= 0.6 is 0 Å². The zero-order valence-corrected chi connectivity index (χ0v) is 7.75. The Bertz CT molecular complexity index is 146. The predicted molar refractivity (Wildman–Crippen MR) is 49.7 cm³/mol. The lowest BCUT2D eigenvalue weighted by Gasteiger charge is -1.98. The van der Waals surface area contributed by atoms with Crippen LogP contribution in [0.1, 0.15) is 32.6 Å². The molecule has 0 radical (unpaired) electrons. The van der Waals surface area contributed by atoms with E-state index in [-0.39, 0.29) is 0 Å².